The number of carbonyl (C=O) groups is 1. The Hall–Kier alpha value is -0.880. The lowest BCUT2D eigenvalue weighted by Crippen LogP contribution is -2.04. The van der Waals surface area contributed by atoms with Crippen LogP contribution in [-0.2, 0) is 0 Å². The van der Waals surface area contributed by atoms with Crippen molar-refractivity contribution in [2.75, 3.05) is 0 Å². The Morgan fingerprint density at radius 3 is 2.75 bits per heavy atom. The Labute approximate surface area is 139 Å². The zero-order chi connectivity index (χ0) is 14.1. The van der Waals surface area contributed by atoms with Crippen molar-refractivity contribution in [3.8, 4) is 5.75 Å². The summed E-state index contributed by atoms with van der Waals surface area (Å²) in [6.07, 6.45) is 2.56. The summed E-state index contributed by atoms with van der Waals surface area (Å²) in [6, 6.07) is 13.2. The molecule has 2 nitrogen and oxygen atoms in total. The predicted molar refractivity (Wildman–Crippen MR) is 90.4 cm³/mol. The van der Waals surface area contributed by atoms with Crippen LogP contribution in [0.3, 0.4) is 0 Å². The maximum Gasteiger partial charge on any atom is 0.194 e. The molecule has 3 rings (SSSR count). The minimum absolute atomic E-state index is 0.0108. The lowest BCUT2D eigenvalue weighted by molar-refractivity contribution is 0.103. The van der Waals surface area contributed by atoms with Crippen LogP contribution in [0.2, 0.25) is 0 Å². The van der Waals surface area contributed by atoms with E-state index in [1.165, 1.54) is 0 Å². The first kappa shape index (κ1) is 14.1. The maximum atomic E-state index is 12.6. The largest absolute Gasteiger partial charge is 0.490 e. The molecule has 0 heterocycles. The predicted octanol–water partition coefficient (Wildman–Crippen LogP) is 4.83. The maximum absolute atomic E-state index is 12.6. The van der Waals surface area contributed by atoms with Crippen molar-refractivity contribution in [1.82, 2.24) is 0 Å². The second-order valence-corrected chi connectivity index (χ2v) is 6.90. The van der Waals surface area contributed by atoms with Crippen LogP contribution in [0.5, 0.6) is 5.75 Å². The van der Waals surface area contributed by atoms with E-state index in [9.17, 15) is 4.79 Å². The minimum atomic E-state index is 0.0108. The first-order chi connectivity index (χ1) is 9.63. The molecule has 20 heavy (non-hydrogen) atoms. The van der Waals surface area contributed by atoms with Gasteiger partial charge < -0.3 is 4.74 Å². The van der Waals surface area contributed by atoms with E-state index in [1.807, 2.05) is 42.5 Å². The van der Waals surface area contributed by atoms with E-state index in [-0.39, 0.29) is 5.78 Å². The number of benzene rings is 2. The minimum Gasteiger partial charge on any atom is -0.490 e. The summed E-state index contributed by atoms with van der Waals surface area (Å²) in [7, 11) is 0. The Balaban J connectivity index is 1.91. The summed E-state index contributed by atoms with van der Waals surface area (Å²) in [5, 5.41) is 0. The van der Waals surface area contributed by atoms with Gasteiger partial charge in [0.1, 0.15) is 5.75 Å². The van der Waals surface area contributed by atoms with Gasteiger partial charge >= 0.3 is 0 Å². The summed E-state index contributed by atoms with van der Waals surface area (Å²) < 4.78 is 7.60. The van der Waals surface area contributed by atoms with Crippen LogP contribution in [0.4, 0.5) is 0 Å². The van der Waals surface area contributed by atoms with Gasteiger partial charge in [0.15, 0.2) is 5.78 Å². The number of ether oxygens (including phenoxy) is 1. The quantitative estimate of drug-likeness (QED) is 0.501. The van der Waals surface area contributed by atoms with Gasteiger partial charge in [-0.25, -0.2) is 0 Å². The van der Waals surface area contributed by atoms with Crippen molar-refractivity contribution in [3.05, 3.63) is 61.6 Å². The fourth-order valence-corrected chi connectivity index (χ4v) is 2.83. The number of carbonyl (C=O) groups excluding carboxylic acids is 1. The standard InChI is InChI=1S/C16H12BrIO2/c17-15-7-4-11(18)9-14(15)16(19)10-2-1-3-13(8-10)20-12-5-6-12/h1-4,7-9,12H,5-6H2. The molecule has 1 aliphatic carbocycles. The second kappa shape index (κ2) is 5.85. The van der Waals surface area contributed by atoms with Crippen LogP contribution in [0.25, 0.3) is 0 Å². The van der Waals surface area contributed by atoms with Crippen molar-refractivity contribution in [2.45, 2.75) is 18.9 Å². The Morgan fingerprint density at radius 1 is 1.20 bits per heavy atom. The molecule has 1 aliphatic rings. The molecule has 0 atom stereocenters. The van der Waals surface area contributed by atoms with Crippen LogP contribution >= 0.6 is 38.5 Å². The molecule has 0 aromatic heterocycles. The van der Waals surface area contributed by atoms with E-state index in [2.05, 4.69) is 38.5 Å². The Kier molecular flexibility index (Phi) is 4.12. The summed E-state index contributed by atoms with van der Waals surface area (Å²) in [5.41, 5.74) is 1.34. The van der Waals surface area contributed by atoms with E-state index in [1.54, 1.807) is 0 Å². The average Bonchev–Trinajstić information content (AvgIpc) is 3.25. The van der Waals surface area contributed by atoms with Gasteiger partial charge in [0.25, 0.3) is 0 Å². The van der Waals surface area contributed by atoms with Crippen LogP contribution in [0.15, 0.2) is 46.9 Å². The van der Waals surface area contributed by atoms with Crippen molar-refractivity contribution in [2.24, 2.45) is 0 Å². The highest BCUT2D eigenvalue weighted by Crippen LogP contribution is 2.28. The van der Waals surface area contributed by atoms with Crippen LogP contribution in [0.1, 0.15) is 28.8 Å². The SMILES string of the molecule is O=C(c1cccc(OC2CC2)c1)c1cc(I)ccc1Br. The molecule has 4 heteroatoms. The van der Waals surface area contributed by atoms with E-state index in [0.29, 0.717) is 17.2 Å². The summed E-state index contributed by atoms with van der Waals surface area (Å²) in [6.45, 7) is 0. The Bertz CT molecular complexity index is 665. The molecule has 1 saturated carbocycles. The zero-order valence-corrected chi connectivity index (χ0v) is 14.3. The van der Waals surface area contributed by atoms with Gasteiger partial charge in [-0.3, -0.25) is 4.79 Å². The van der Waals surface area contributed by atoms with Crippen molar-refractivity contribution >= 4 is 44.3 Å². The molecule has 0 unspecified atom stereocenters. The van der Waals surface area contributed by atoms with E-state index < -0.39 is 0 Å². The molecular formula is C16H12BrIO2. The molecule has 0 saturated heterocycles. The molecule has 2 aromatic rings. The molecule has 0 radical (unpaired) electrons. The average molecular weight is 443 g/mol. The number of hydrogen-bond acceptors (Lipinski definition) is 2. The van der Waals surface area contributed by atoms with Crippen molar-refractivity contribution in [3.63, 3.8) is 0 Å². The third-order valence-corrected chi connectivity index (χ3v) is 4.46. The summed E-state index contributed by atoms with van der Waals surface area (Å²) in [4.78, 5) is 12.6. The first-order valence-corrected chi connectivity index (χ1v) is 8.27. The first-order valence-electron chi connectivity index (χ1n) is 6.40. The van der Waals surface area contributed by atoms with Crippen molar-refractivity contribution < 1.29 is 9.53 Å². The topological polar surface area (TPSA) is 26.3 Å². The summed E-state index contributed by atoms with van der Waals surface area (Å²) in [5.74, 6) is 0.789. The van der Waals surface area contributed by atoms with Gasteiger partial charge in [0.05, 0.1) is 6.10 Å². The lowest BCUT2D eigenvalue weighted by Gasteiger charge is -2.08. The lowest BCUT2D eigenvalue weighted by atomic mass is 10.0. The summed E-state index contributed by atoms with van der Waals surface area (Å²) >= 11 is 5.65. The highest BCUT2D eigenvalue weighted by atomic mass is 127. The Morgan fingerprint density at radius 2 is 2.00 bits per heavy atom. The number of halogens is 2. The number of ketones is 1. The van der Waals surface area contributed by atoms with E-state index in [4.69, 9.17) is 4.74 Å². The fourth-order valence-electron chi connectivity index (χ4n) is 1.92. The molecule has 0 N–H and O–H groups in total. The normalized spacial score (nSPS) is 14.1. The zero-order valence-electron chi connectivity index (χ0n) is 10.6. The molecular weight excluding hydrogens is 431 g/mol. The van der Waals surface area contributed by atoms with Crippen LogP contribution in [0, 0.1) is 3.57 Å². The molecule has 0 spiro atoms. The molecule has 102 valence electrons. The highest BCUT2D eigenvalue weighted by Gasteiger charge is 2.23. The van der Waals surface area contributed by atoms with Crippen LogP contribution < -0.4 is 4.74 Å². The smallest absolute Gasteiger partial charge is 0.194 e. The molecule has 2 aromatic carbocycles. The van der Waals surface area contributed by atoms with E-state index >= 15 is 0 Å². The van der Waals surface area contributed by atoms with Crippen molar-refractivity contribution in [1.29, 1.82) is 0 Å². The van der Waals surface area contributed by atoms with Gasteiger partial charge in [-0.15, -0.1) is 0 Å². The second-order valence-electron chi connectivity index (χ2n) is 4.80. The third-order valence-electron chi connectivity index (χ3n) is 3.10. The van der Waals surface area contributed by atoms with Gasteiger partial charge in [-0.05, 0) is 65.8 Å². The monoisotopic (exact) mass is 442 g/mol. The molecule has 0 bridgehead atoms. The van der Waals surface area contributed by atoms with Gasteiger partial charge in [0, 0.05) is 19.2 Å². The van der Waals surface area contributed by atoms with Gasteiger partial charge in [0.2, 0.25) is 0 Å². The van der Waals surface area contributed by atoms with Gasteiger partial charge in [-0.2, -0.15) is 0 Å². The van der Waals surface area contributed by atoms with Gasteiger partial charge in [-0.1, -0.05) is 28.1 Å². The number of rotatable bonds is 4. The van der Waals surface area contributed by atoms with Crippen LogP contribution in [-0.4, -0.2) is 11.9 Å². The van der Waals surface area contributed by atoms with E-state index in [0.717, 1.165) is 26.6 Å². The third kappa shape index (κ3) is 3.23. The highest BCUT2D eigenvalue weighted by molar-refractivity contribution is 14.1. The number of hydrogen-bond donors (Lipinski definition) is 0. The fraction of sp³-hybridized carbons (Fsp3) is 0.188. The molecule has 1 fully saturated rings. The molecule has 0 amide bonds. The molecule has 0 aliphatic heterocycles.